The van der Waals surface area contributed by atoms with Crippen LogP contribution >= 0.6 is 23.1 Å². The molecule has 1 aromatic heterocycles. The Morgan fingerprint density at radius 2 is 2.00 bits per heavy atom. The number of nitrogens with zero attached hydrogens (tertiary/aromatic N) is 1. The van der Waals surface area contributed by atoms with E-state index >= 15 is 0 Å². The summed E-state index contributed by atoms with van der Waals surface area (Å²) >= 11 is 7.11. The van der Waals surface area contributed by atoms with Crippen molar-refractivity contribution < 1.29 is 4.39 Å². The first-order valence-electron chi connectivity index (χ1n) is 4.39. The summed E-state index contributed by atoms with van der Waals surface area (Å²) in [4.78, 5) is 0. The zero-order valence-electron chi connectivity index (χ0n) is 8.27. The molecule has 0 bridgehead atoms. The third-order valence-electron chi connectivity index (χ3n) is 1.67. The lowest BCUT2D eigenvalue weighted by atomic mass is 10.2. The summed E-state index contributed by atoms with van der Waals surface area (Å²) in [6.45, 7) is 5.84. The molecule has 0 aliphatic rings. The highest BCUT2D eigenvalue weighted by atomic mass is 35.5. The van der Waals surface area contributed by atoms with E-state index in [1.54, 1.807) is 0 Å². The van der Waals surface area contributed by atoms with Crippen molar-refractivity contribution in [2.75, 3.05) is 0 Å². The summed E-state index contributed by atoms with van der Waals surface area (Å²) in [5.41, 5.74) is 0.830. The highest BCUT2D eigenvalue weighted by Crippen LogP contribution is 2.30. The van der Waals surface area contributed by atoms with E-state index in [1.807, 2.05) is 20.8 Å². The fourth-order valence-corrected chi connectivity index (χ4v) is 2.17. The second-order valence-corrected chi connectivity index (χ2v) is 3.71. The van der Waals surface area contributed by atoms with Crippen molar-refractivity contribution in [2.45, 2.75) is 20.8 Å². The van der Waals surface area contributed by atoms with Crippen molar-refractivity contribution in [3.8, 4) is 0 Å². The zero-order valence-corrected chi connectivity index (χ0v) is 9.84. The summed E-state index contributed by atoms with van der Waals surface area (Å²) in [5.74, 6) is -0.309. The first-order chi connectivity index (χ1) is 6.68. The average molecular weight is 232 g/mol. The molecule has 1 heterocycles. The molecular weight excluding hydrogens is 221 g/mol. The molecule has 4 heteroatoms. The molecular formula is C10H11ClFNS. The third kappa shape index (κ3) is 2.04. The van der Waals surface area contributed by atoms with Crippen LogP contribution in [0.5, 0.6) is 0 Å². The van der Waals surface area contributed by atoms with Gasteiger partial charge >= 0.3 is 0 Å². The molecule has 0 aliphatic carbocycles. The first-order valence-corrected chi connectivity index (χ1v) is 5.54. The lowest BCUT2D eigenvalue weighted by molar-refractivity contribution is 0.630. The Labute approximate surface area is 91.7 Å². The van der Waals surface area contributed by atoms with E-state index in [0.29, 0.717) is 5.02 Å². The average Bonchev–Trinajstić information content (AvgIpc) is 2.52. The van der Waals surface area contributed by atoms with Gasteiger partial charge in [-0.2, -0.15) is 4.37 Å². The minimum atomic E-state index is -0.309. The summed E-state index contributed by atoms with van der Waals surface area (Å²) in [7, 11) is 0. The molecule has 0 N–H and O–H groups in total. The molecule has 0 saturated heterocycles. The van der Waals surface area contributed by atoms with Crippen LogP contribution in [0.25, 0.3) is 10.1 Å². The van der Waals surface area contributed by atoms with Crippen LogP contribution in [0.4, 0.5) is 4.39 Å². The van der Waals surface area contributed by atoms with Crippen LogP contribution in [-0.4, -0.2) is 4.37 Å². The Balaban J connectivity index is 0.000000461. The smallest absolute Gasteiger partial charge is 0.125 e. The maximum atomic E-state index is 12.8. The lowest BCUT2D eigenvalue weighted by Crippen LogP contribution is -1.75. The summed E-state index contributed by atoms with van der Waals surface area (Å²) in [6.07, 6.45) is 0. The molecule has 76 valence electrons. The van der Waals surface area contributed by atoms with Crippen LogP contribution in [0.2, 0.25) is 5.02 Å². The van der Waals surface area contributed by atoms with Gasteiger partial charge in [-0.05, 0) is 30.6 Å². The Morgan fingerprint density at radius 1 is 1.36 bits per heavy atom. The maximum Gasteiger partial charge on any atom is 0.125 e. The van der Waals surface area contributed by atoms with Gasteiger partial charge in [-0.3, -0.25) is 0 Å². The lowest BCUT2D eigenvalue weighted by Gasteiger charge is -1.93. The van der Waals surface area contributed by atoms with Crippen molar-refractivity contribution in [3.63, 3.8) is 0 Å². The van der Waals surface area contributed by atoms with Gasteiger partial charge in [-0.15, -0.1) is 0 Å². The van der Waals surface area contributed by atoms with Gasteiger partial charge in [0.05, 0.1) is 15.4 Å². The van der Waals surface area contributed by atoms with E-state index in [-0.39, 0.29) is 5.82 Å². The van der Waals surface area contributed by atoms with Gasteiger partial charge in [0.15, 0.2) is 0 Å². The molecule has 0 saturated carbocycles. The van der Waals surface area contributed by atoms with Crippen LogP contribution in [0.1, 0.15) is 19.5 Å². The molecule has 0 radical (unpaired) electrons. The number of aryl methyl sites for hydroxylation is 1. The molecule has 1 nitrogen and oxygen atoms in total. The van der Waals surface area contributed by atoms with Gasteiger partial charge < -0.3 is 0 Å². The van der Waals surface area contributed by atoms with Crippen LogP contribution in [-0.2, 0) is 0 Å². The van der Waals surface area contributed by atoms with E-state index in [9.17, 15) is 4.39 Å². The Kier molecular flexibility index (Phi) is 3.84. The zero-order chi connectivity index (χ0) is 10.7. The normalized spacial score (nSPS) is 9.79. The number of aromatic nitrogens is 1. The highest BCUT2D eigenvalue weighted by molar-refractivity contribution is 7.14. The molecule has 1 aromatic carbocycles. The number of fused-ring (bicyclic) bond motifs is 1. The van der Waals surface area contributed by atoms with Gasteiger partial charge in [-0.25, -0.2) is 4.39 Å². The van der Waals surface area contributed by atoms with Crippen LogP contribution in [0.15, 0.2) is 12.1 Å². The van der Waals surface area contributed by atoms with Crippen molar-refractivity contribution in [2.24, 2.45) is 0 Å². The summed E-state index contributed by atoms with van der Waals surface area (Å²) in [5, 5.41) is 1.25. The second-order valence-electron chi connectivity index (χ2n) is 2.53. The number of rotatable bonds is 0. The number of hydrogen-bond acceptors (Lipinski definition) is 2. The number of hydrogen-bond donors (Lipinski definition) is 0. The molecule has 0 atom stereocenters. The van der Waals surface area contributed by atoms with Crippen LogP contribution in [0, 0.1) is 12.7 Å². The minimum absolute atomic E-state index is 0.309. The second kappa shape index (κ2) is 4.71. The van der Waals surface area contributed by atoms with Gasteiger partial charge in [0.25, 0.3) is 0 Å². The molecule has 2 rings (SSSR count). The van der Waals surface area contributed by atoms with Crippen molar-refractivity contribution in [1.82, 2.24) is 4.37 Å². The van der Waals surface area contributed by atoms with Gasteiger partial charge in [0.2, 0.25) is 0 Å². The van der Waals surface area contributed by atoms with E-state index < -0.39 is 0 Å². The molecule has 2 aromatic rings. The quantitative estimate of drug-likeness (QED) is 0.654. The van der Waals surface area contributed by atoms with E-state index in [2.05, 4.69) is 4.37 Å². The molecule has 14 heavy (non-hydrogen) atoms. The van der Waals surface area contributed by atoms with Crippen LogP contribution in [0.3, 0.4) is 0 Å². The third-order valence-corrected chi connectivity index (χ3v) is 3.07. The predicted molar refractivity (Wildman–Crippen MR) is 60.7 cm³/mol. The topological polar surface area (TPSA) is 12.9 Å². The van der Waals surface area contributed by atoms with Crippen molar-refractivity contribution in [1.29, 1.82) is 0 Å². The van der Waals surface area contributed by atoms with Gasteiger partial charge in [-0.1, -0.05) is 25.4 Å². The molecule has 0 fully saturated rings. The maximum absolute atomic E-state index is 12.8. The van der Waals surface area contributed by atoms with Crippen molar-refractivity contribution in [3.05, 3.63) is 28.7 Å². The largest absolute Gasteiger partial charge is 0.207 e. The molecule has 0 unspecified atom stereocenters. The Bertz CT molecular complexity index is 439. The Morgan fingerprint density at radius 3 is 2.64 bits per heavy atom. The van der Waals surface area contributed by atoms with Crippen molar-refractivity contribution >= 4 is 33.2 Å². The monoisotopic (exact) mass is 231 g/mol. The van der Waals surface area contributed by atoms with E-state index in [1.165, 1.54) is 23.7 Å². The minimum Gasteiger partial charge on any atom is -0.207 e. The fourth-order valence-electron chi connectivity index (χ4n) is 1.09. The van der Waals surface area contributed by atoms with E-state index in [0.717, 1.165) is 15.8 Å². The SMILES string of the molecule is CC.Cc1nsc2c(Cl)cc(F)cc12. The number of benzene rings is 1. The molecule has 0 aliphatic heterocycles. The van der Waals surface area contributed by atoms with Gasteiger partial charge in [0, 0.05) is 5.39 Å². The summed E-state index contributed by atoms with van der Waals surface area (Å²) in [6, 6.07) is 2.77. The van der Waals surface area contributed by atoms with E-state index in [4.69, 9.17) is 11.6 Å². The summed E-state index contributed by atoms with van der Waals surface area (Å²) < 4.78 is 17.8. The van der Waals surface area contributed by atoms with Crippen LogP contribution < -0.4 is 0 Å². The number of halogens is 2. The van der Waals surface area contributed by atoms with Gasteiger partial charge in [0.1, 0.15) is 5.82 Å². The highest BCUT2D eigenvalue weighted by Gasteiger charge is 2.07. The molecule has 0 spiro atoms. The predicted octanol–water partition coefficient (Wildman–Crippen LogP) is 4.42. The first kappa shape index (κ1) is 11.4. The Hall–Kier alpha value is -0.670. The molecule has 0 amide bonds. The fraction of sp³-hybridized carbons (Fsp3) is 0.300. The standard InChI is InChI=1S/C8H5ClFNS.C2H6/c1-4-6-2-5(10)3-7(9)8(6)12-11-4;1-2/h2-3H,1H3;1-2H3.